The Bertz CT molecular complexity index is 710. The van der Waals surface area contributed by atoms with Crippen LogP contribution >= 0.6 is 0 Å². The molecule has 1 atom stereocenters. The van der Waals surface area contributed by atoms with Gasteiger partial charge in [0, 0.05) is 25.9 Å². The molecule has 0 saturated carbocycles. The van der Waals surface area contributed by atoms with E-state index in [0.717, 1.165) is 44.5 Å². The molecule has 32 heavy (non-hydrogen) atoms. The highest BCUT2D eigenvalue weighted by molar-refractivity contribution is 5.80. The Morgan fingerprint density at radius 3 is 2.44 bits per heavy atom. The monoisotopic (exact) mass is 445 g/mol. The van der Waals surface area contributed by atoms with Crippen LogP contribution in [0.4, 0.5) is 0 Å². The average Bonchev–Trinajstić information content (AvgIpc) is 2.83. The fourth-order valence-electron chi connectivity index (χ4n) is 4.15. The van der Waals surface area contributed by atoms with Crippen LogP contribution in [0, 0.1) is 0 Å². The van der Waals surface area contributed by atoms with Gasteiger partial charge in [0.15, 0.2) is 0 Å². The molecule has 1 saturated heterocycles. The smallest absolute Gasteiger partial charge is 0.305 e. The van der Waals surface area contributed by atoms with Crippen molar-refractivity contribution in [3.05, 3.63) is 35.9 Å². The Hall–Kier alpha value is -2.41. The van der Waals surface area contributed by atoms with Crippen LogP contribution in [0.5, 0.6) is 0 Å². The largest absolute Gasteiger partial charge is 0.469 e. The zero-order valence-electron chi connectivity index (χ0n) is 19.7. The molecule has 0 bridgehead atoms. The van der Waals surface area contributed by atoms with E-state index >= 15 is 0 Å². The summed E-state index contributed by atoms with van der Waals surface area (Å²) in [5.74, 6) is -0.234. The van der Waals surface area contributed by atoms with E-state index < -0.39 is 0 Å². The molecule has 2 amide bonds. The van der Waals surface area contributed by atoms with Crippen molar-refractivity contribution in [3.63, 3.8) is 0 Å². The Morgan fingerprint density at radius 1 is 1.03 bits per heavy atom. The normalized spacial score (nSPS) is 19.2. The summed E-state index contributed by atoms with van der Waals surface area (Å²) in [6.07, 6.45) is 5.03. The molecule has 1 heterocycles. The summed E-state index contributed by atoms with van der Waals surface area (Å²) in [6, 6.07) is 9.55. The van der Waals surface area contributed by atoms with Gasteiger partial charge >= 0.3 is 5.97 Å². The predicted molar refractivity (Wildman–Crippen MR) is 125 cm³/mol. The maximum atomic E-state index is 13.3. The van der Waals surface area contributed by atoms with Crippen LogP contribution in [0.3, 0.4) is 0 Å². The summed E-state index contributed by atoms with van der Waals surface area (Å²) in [5, 5.41) is 3.04. The first-order valence-corrected chi connectivity index (χ1v) is 12.0. The number of methoxy groups -OCH3 is 1. The van der Waals surface area contributed by atoms with E-state index in [1.165, 1.54) is 7.11 Å². The Morgan fingerprint density at radius 2 is 1.72 bits per heavy atom. The third kappa shape index (κ3) is 8.99. The number of hydrogen-bond acceptors (Lipinski definition) is 5. The number of rotatable bonds is 7. The van der Waals surface area contributed by atoms with Crippen molar-refractivity contribution in [1.82, 2.24) is 15.1 Å². The summed E-state index contributed by atoms with van der Waals surface area (Å²) >= 11 is 0. The number of nitrogens with one attached hydrogen (secondary N) is 1. The lowest BCUT2D eigenvalue weighted by molar-refractivity contribution is -0.141. The lowest BCUT2D eigenvalue weighted by atomic mass is 10.00. The molecule has 1 aromatic carbocycles. The third-order valence-electron chi connectivity index (χ3n) is 6.05. The third-order valence-corrected chi connectivity index (χ3v) is 6.05. The van der Waals surface area contributed by atoms with Crippen LogP contribution in [0.25, 0.3) is 0 Å². The number of hydrogen-bond donors (Lipinski definition) is 1. The molecule has 0 radical (unpaired) electrons. The average molecular weight is 446 g/mol. The van der Waals surface area contributed by atoms with Crippen LogP contribution in [-0.4, -0.2) is 67.4 Å². The molecule has 1 unspecified atom stereocenters. The number of carbonyl (C=O) groups is 3. The van der Waals surface area contributed by atoms with Gasteiger partial charge in [0.25, 0.3) is 0 Å². The highest BCUT2D eigenvalue weighted by Gasteiger charge is 2.27. The predicted octanol–water partition coefficient (Wildman–Crippen LogP) is 3.30. The fourth-order valence-corrected chi connectivity index (χ4v) is 4.15. The van der Waals surface area contributed by atoms with E-state index in [-0.39, 0.29) is 30.2 Å². The van der Waals surface area contributed by atoms with Gasteiger partial charge in [-0.1, -0.05) is 37.3 Å². The molecule has 7 nitrogen and oxygen atoms in total. The SMILES string of the molecule is CCN1CCCCN(C(=O)CCCCC(=O)OC)C(c2ccccc2)CC(=O)NCCC1. The number of esters is 1. The van der Waals surface area contributed by atoms with Gasteiger partial charge in [-0.05, 0) is 57.3 Å². The molecule has 1 aliphatic rings. The van der Waals surface area contributed by atoms with Crippen molar-refractivity contribution in [2.24, 2.45) is 0 Å². The maximum Gasteiger partial charge on any atom is 0.305 e. The van der Waals surface area contributed by atoms with E-state index in [4.69, 9.17) is 0 Å². The quantitative estimate of drug-likeness (QED) is 0.515. The van der Waals surface area contributed by atoms with Crippen molar-refractivity contribution in [2.45, 2.75) is 64.3 Å². The molecule has 1 aliphatic heterocycles. The first kappa shape index (κ1) is 25.8. The first-order valence-electron chi connectivity index (χ1n) is 12.0. The minimum atomic E-state index is -0.285. The molecule has 0 aliphatic carbocycles. The number of ether oxygens (including phenoxy) is 1. The van der Waals surface area contributed by atoms with Gasteiger partial charge in [0.05, 0.1) is 19.6 Å². The van der Waals surface area contributed by atoms with Crippen molar-refractivity contribution >= 4 is 17.8 Å². The van der Waals surface area contributed by atoms with Crippen molar-refractivity contribution in [2.75, 3.05) is 39.8 Å². The maximum absolute atomic E-state index is 13.3. The molecule has 0 spiro atoms. The molecular formula is C25H39N3O4. The van der Waals surface area contributed by atoms with E-state index in [1.807, 2.05) is 35.2 Å². The molecule has 2 rings (SSSR count). The molecular weight excluding hydrogens is 406 g/mol. The van der Waals surface area contributed by atoms with Gasteiger partial charge in [-0.3, -0.25) is 14.4 Å². The van der Waals surface area contributed by atoms with Crippen LogP contribution < -0.4 is 5.32 Å². The standard InChI is InChI=1S/C25H39N3O4/c1-3-27-17-9-10-19-28(24(30)14-7-8-15-25(31)32-2)22(21-12-5-4-6-13-21)20-23(29)26-16-11-18-27/h4-6,12-13,22H,3,7-11,14-20H2,1-2H3,(H,26,29). The second-order valence-corrected chi connectivity index (χ2v) is 8.35. The summed E-state index contributed by atoms with van der Waals surface area (Å²) in [7, 11) is 1.38. The van der Waals surface area contributed by atoms with Gasteiger partial charge < -0.3 is 19.9 Å². The Balaban J connectivity index is 2.15. The minimum absolute atomic E-state index is 0.0235. The molecule has 1 N–H and O–H groups in total. The Kier molecular flexibility index (Phi) is 11.8. The lowest BCUT2D eigenvalue weighted by Crippen LogP contribution is -2.39. The van der Waals surface area contributed by atoms with E-state index in [1.54, 1.807) is 0 Å². The van der Waals surface area contributed by atoms with Crippen LogP contribution in [0.1, 0.15) is 69.9 Å². The second kappa shape index (κ2) is 14.6. The zero-order chi connectivity index (χ0) is 23.2. The molecule has 1 aromatic rings. The number of carbonyl (C=O) groups excluding carboxylic acids is 3. The molecule has 1 fully saturated rings. The van der Waals surface area contributed by atoms with E-state index in [0.29, 0.717) is 38.8 Å². The van der Waals surface area contributed by atoms with Crippen molar-refractivity contribution in [1.29, 1.82) is 0 Å². The van der Waals surface area contributed by atoms with Crippen LogP contribution in [-0.2, 0) is 19.1 Å². The fraction of sp³-hybridized carbons (Fsp3) is 0.640. The number of nitrogens with zero attached hydrogens (tertiary/aromatic N) is 2. The molecule has 178 valence electrons. The highest BCUT2D eigenvalue weighted by Crippen LogP contribution is 2.26. The minimum Gasteiger partial charge on any atom is -0.469 e. The summed E-state index contributed by atoms with van der Waals surface area (Å²) in [6.45, 7) is 6.40. The summed E-state index contributed by atoms with van der Waals surface area (Å²) in [5.41, 5.74) is 0.982. The zero-order valence-corrected chi connectivity index (χ0v) is 19.7. The van der Waals surface area contributed by atoms with Gasteiger partial charge in [-0.2, -0.15) is 0 Å². The molecule has 0 aromatic heterocycles. The van der Waals surface area contributed by atoms with Gasteiger partial charge in [-0.15, -0.1) is 0 Å². The Labute approximate surface area is 192 Å². The van der Waals surface area contributed by atoms with Gasteiger partial charge in [0.2, 0.25) is 11.8 Å². The topological polar surface area (TPSA) is 79.0 Å². The lowest BCUT2D eigenvalue weighted by Gasteiger charge is -2.32. The van der Waals surface area contributed by atoms with E-state index in [9.17, 15) is 14.4 Å². The van der Waals surface area contributed by atoms with Crippen molar-refractivity contribution in [3.8, 4) is 0 Å². The van der Waals surface area contributed by atoms with Gasteiger partial charge in [0.1, 0.15) is 0 Å². The number of unbranched alkanes of at least 4 members (excludes halogenated alkanes) is 1. The van der Waals surface area contributed by atoms with Crippen LogP contribution in [0.15, 0.2) is 30.3 Å². The van der Waals surface area contributed by atoms with Crippen molar-refractivity contribution < 1.29 is 19.1 Å². The highest BCUT2D eigenvalue weighted by atomic mass is 16.5. The van der Waals surface area contributed by atoms with E-state index in [2.05, 4.69) is 21.9 Å². The molecule has 7 heteroatoms. The summed E-state index contributed by atoms with van der Waals surface area (Å²) in [4.78, 5) is 41.7. The van der Waals surface area contributed by atoms with Gasteiger partial charge in [-0.25, -0.2) is 0 Å². The first-order chi connectivity index (χ1) is 15.5. The number of benzene rings is 1. The number of amides is 2. The van der Waals surface area contributed by atoms with Crippen LogP contribution in [0.2, 0.25) is 0 Å². The summed E-state index contributed by atoms with van der Waals surface area (Å²) < 4.78 is 4.68. The second-order valence-electron chi connectivity index (χ2n) is 8.35.